The summed E-state index contributed by atoms with van der Waals surface area (Å²) in [5, 5.41) is 6.14. The van der Waals surface area contributed by atoms with Gasteiger partial charge in [0.1, 0.15) is 11.4 Å². The van der Waals surface area contributed by atoms with Gasteiger partial charge in [-0.3, -0.25) is 14.8 Å². The summed E-state index contributed by atoms with van der Waals surface area (Å²) >= 11 is 0. The van der Waals surface area contributed by atoms with Crippen LogP contribution < -0.4 is 15.4 Å². The molecule has 2 aromatic heterocycles. The zero-order chi connectivity index (χ0) is 18.2. The fourth-order valence-electron chi connectivity index (χ4n) is 2.49. The minimum atomic E-state index is -0.227. The van der Waals surface area contributed by atoms with E-state index in [0.29, 0.717) is 18.8 Å². The second-order valence-electron chi connectivity index (χ2n) is 5.64. The molecule has 0 fully saturated rings. The fourth-order valence-corrected chi connectivity index (χ4v) is 2.49. The van der Waals surface area contributed by atoms with Crippen LogP contribution in [0.25, 0.3) is 0 Å². The number of carbonyl (C=O) groups excluding carboxylic acids is 1. The van der Waals surface area contributed by atoms with Crippen LogP contribution in [0.3, 0.4) is 0 Å². The maximum absolute atomic E-state index is 12.3. The van der Waals surface area contributed by atoms with Gasteiger partial charge in [-0.05, 0) is 29.8 Å². The zero-order valence-electron chi connectivity index (χ0n) is 14.5. The average molecular weight is 348 g/mol. The van der Waals surface area contributed by atoms with E-state index in [1.165, 1.54) is 0 Å². The Morgan fingerprint density at radius 2 is 1.96 bits per heavy atom. The van der Waals surface area contributed by atoms with E-state index in [9.17, 15) is 4.79 Å². The number of amides is 1. The molecule has 3 aromatic rings. The summed E-state index contributed by atoms with van der Waals surface area (Å²) in [5.74, 6) is 0.596. The van der Waals surface area contributed by atoms with Crippen LogP contribution in [0.1, 0.15) is 21.6 Å². The van der Waals surface area contributed by atoms with Crippen molar-refractivity contribution in [3.8, 4) is 5.75 Å². The van der Waals surface area contributed by atoms with E-state index < -0.39 is 0 Å². The van der Waals surface area contributed by atoms with Crippen LogP contribution >= 0.6 is 0 Å². The second-order valence-corrected chi connectivity index (χ2v) is 5.64. The fraction of sp³-hybridized carbons (Fsp3) is 0.150. The summed E-state index contributed by atoms with van der Waals surface area (Å²) in [7, 11) is 1.65. The molecular weight excluding hydrogens is 328 g/mol. The van der Waals surface area contributed by atoms with Crippen molar-refractivity contribution in [1.29, 1.82) is 0 Å². The predicted octanol–water partition coefficient (Wildman–Crippen LogP) is 3.03. The van der Waals surface area contributed by atoms with Gasteiger partial charge in [-0.15, -0.1) is 0 Å². The molecule has 6 nitrogen and oxygen atoms in total. The number of carbonyl (C=O) groups is 1. The molecule has 0 aliphatic heterocycles. The van der Waals surface area contributed by atoms with Gasteiger partial charge in [0, 0.05) is 42.9 Å². The molecule has 0 saturated carbocycles. The van der Waals surface area contributed by atoms with Gasteiger partial charge in [0.2, 0.25) is 0 Å². The molecule has 1 amide bonds. The van der Waals surface area contributed by atoms with E-state index in [-0.39, 0.29) is 5.91 Å². The van der Waals surface area contributed by atoms with E-state index in [2.05, 4.69) is 20.6 Å². The molecule has 0 saturated heterocycles. The van der Waals surface area contributed by atoms with E-state index in [1.807, 2.05) is 42.5 Å². The number of hydrogen-bond acceptors (Lipinski definition) is 5. The SMILES string of the molecule is COc1ccccc1CNc1ccnc(C(=O)NCc2cccnc2)c1. The van der Waals surface area contributed by atoms with Crippen molar-refractivity contribution in [2.75, 3.05) is 12.4 Å². The third-order valence-electron chi connectivity index (χ3n) is 3.84. The van der Waals surface area contributed by atoms with Crippen LogP contribution in [0, 0.1) is 0 Å². The van der Waals surface area contributed by atoms with Crippen molar-refractivity contribution in [3.05, 3.63) is 83.9 Å². The zero-order valence-corrected chi connectivity index (χ0v) is 14.5. The van der Waals surface area contributed by atoms with Crippen molar-refractivity contribution in [2.24, 2.45) is 0 Å². The average Bonchev–Trinajstić information content (AvgIpc) is 2.71. The lowest BCUT2D eigenvalue weighted by Crippen LogP contribution is -2.23. The van der Waals surface area contributed by atoms with Crippen molar-refractivity contribution in [1.82, 2.24) is 15.3 Å². The van der Waals surface area contributed by atoms with Crippen molar-refractivity contribution < 1.29 is 9.53 Å². The molecule has 0 aliphatic rings. The van der Waals surface area contributed by atoms with E-state index in [1.54, 1.807) is 31.8 Å². The molecule has 0 unspecified atom stereocenters. The molecule has 3 rings (SSSR count). The van der Waals surface area contributed by atoms with Crippen LogP contribution in [0.15, 0.2) is 67.1 Å². The molecule has 0 bridgehead atoms. The first-order chi connectivity index (χ1) is 12.8. The Morgan fingerprint density at radius 3 is 2.77 bits per heavy atom. The lowest BCUT2D eigenvalue weighted by Gasteiger charge is -2.11. The molecule has 26 heavy (non-hydrogen) atoms. The molecule has 2 N–H and O–H groups in total. The first kappa shape index (κ1) is 17.4. The minimum Gasteiger partial charge on any atom is -0.496 e. The third kappa shape index (κ3) is 4.57. The summed E-state index contributed by atoms with van der Waals surface area (Å²) in [5.41, 5.74) is 3.15. The number of ether oxygens (including phenoxy) is 1. The molecule has 2 heterocycles. The number of pyridine rings is 2. The molecule has 1 aromatic carbocycles. The Bertz CT molecular complexity index is 868. The van der Waals surface area contributed by atoms with Gasteiger partial charge < -0.3 is 15.4 Å². The normalized spacial score (nSPS) is 10.2. The highest BCUT2D eigenvalue weighted by molar-refractivity contribution is 5.93. The predicted molar refractivity (Wildman–Crippen MR) is 100.0 cm³/mol. The number of benzene rings is 1. The monoisotopic (exact) mass is 348 g/mol. The number of para-hydroxylation sites is 1. The highest BCUT2D eigenvalue weighted by atomic mass is 16.5. The Kier molecular flexibility index (Phi) is 5.77. The van der Waals surface area contributed by atoms with E-state index in [4.69, 9.17) is 4.74 Å². The molecule has 132 valence electrons. The summed E-state index contributed by atoms with van der Waals surface area (Å²) < 4.78 is 5.35. The number of rotatable bonds is 7. The molecule has 0 atom stereocenters. The summed E-state index contributed by atoms with van der Waals surface area (Å²) in [4.78, 5) is 20.5. The van der Waals surface area contributed by atoms with Gasteiger partial charge in [-0.2, -0.15) is 0 Å². The largest absolute Gasteiger partial charge is 0.496 e. The van der Waals surface area contributed by atoms with Gasteiger partial charge in [0.25, 0.3) is 5.91 Å². The highest BCUT2D eigenvalue weighted by Gasteiger charge is 2.08. The summed E-state index contributed by atoms with van der Waals surface area (Å²) in [6.45, 7) is 0.998. The van der Waals surface area contributed by atoms with Gasteiger partial charge in [-0.25, -0.2) is 0 Å². The first-order valence-electron chi connectivity index (χ1n) is 8.25. The summed E-state index contributed by atoms with van der Waals surface area (Å²) in [6.07, 6.45) is 5.03. The van der Waals surface area contributed by atoms with Crippen LogP contribution in [0.2, 0.25) is 0 Å². The Morgan fingerprint density at radius 1 is 1.08 bits per heavy atom. The number of anilines is 1. The minimum absolute atomic E-state index is 0.227. The number of nitrogens with zero attached hydrogens (tertiary/aromatic N) is 2. The maximum Gasteiger partial charge on any atom is 0.270 e. The smallest absolute Gasteiger partial charge is 0.270 e. The maximum atomic E-state index is 12.3. The highest BCUT2D eigenvalue weighted by Crippen LogP contribution is 2.19. The number of aromatic nitrogens is 2. The molecule has 6 heteroatoms. The van der Waals surface area contributed by atoms with Crippen LogP contribution in [-0.2, 0) is 13.1 Å². The second kappa shape index (κ2) is 8.62. The lowest BCUT2D eigenvalue weighted by molar-refractivity contribution is 0.0946. The lowest BCUT2D eigenvalue weighted by atomic mass is 10.2. The van der Waals surface area contributed by atoms with Crippen LogP contribution in [0.5, 0.6) is 5.75 Å². The van der Waals surface area contributed by atoms with E-state index >= 15 is 0 Å². The summed E-state index contributed by atoms with van der Waals surface area (Å²) in [6, 6.07) is 15.1. The van der Waals surface area contributed by atoms with Gasteiger partial charge >= 0.3 is 0 Å². The van der Waals surface area contributed by atoms with Crippen molar-refractivity contribution in [3.63, 3.8) is 0 Å². The Hall–Kier alpha value is -3.41. The van der Waals surface area contributed by atoms with Crippen LogP contribution in [0.4, 0.5) is 5.69 Å². The number of methoxy groups -OCH3 is 1. The molecule has 0 radical (unpaired) electrons. The number of hydrogen-bond donors (Lipinski definition) is 2. The van der Waals surface area contributed by atoms with Crippen LogP contribution in [-0.4, -0.2) is 23.0 Å². The Balaban J connectivity index is 1.61. The Labute approximate surface area is 152 Å². The standard InChI is InChI=1S/C20H20N4O2/c1-26-19-7-3-2-6-16(19)14-23-17-8-10-22-18(11-17)20(25)24-13-15-5-4-9-21-12-15/h2-12H,13-14H2,1H3,(H,22,23)(H,24,25). The molecular formula is C20H20N4O2. The van der Waals surface area contributed by atoms with Gasteiger partial charge in [-0.1, -0.05) is 24.3 Å². The first-order valence-corrected chi connectivity index (χ1v) is 8.25. The topological polar surface area (TPSA) is 76.1 Å². The van der Waals surface area contributed by atoms with Crippen molar-refractivity contribution in [2.45, 2.75) is 13.1 Å². The van der Waals surface area contributed by atoms with E-state index in [0.717, 1.165) is 22.6 Å². The van der Waals surface area contributed by atoms with Gasteiger partial charge in [0.15, 0.2) is 0 Å². The van der Waals surface area contributed by atoms with Crippen molar-refractivity contribution >= 4 is 11.6 Å². The quantitative estimate of drug-likeness (QED) is 0.686. The molecule has 0 spiro atoms. The molecule has 0 aliphatic carbocycles. The number of nitrogens with one attached hydrogen (secondary N) is 2. The van der Waals surface area contributed by atoms with Gasteiger partial charge in [0.05, 0.1) is 7.11 Å². The third-order valence-corrected chi connectivity index (χ3v) is 3.84.